The summed E-state index contributed by atoms with van der Waals surface area (Å²) in [5.74, 6) is -1.25. The quantitative estimate of drug-likeness (QED) is 0.273. The molecule has 0 aromatic heterocycles. The van der Waals surface area contributed by atoms with Crippen LogP contribution in [0.4, 0.5) is 0 Å². The molecule has 1 amide bonds. The minimum absolute atomic E-state index is 0.0424. The first-order chi connectivity index (χ1) is 17.1. The molecule has 2 aromatic carbocycles. The first-order valence-corrected chi connectivity index (χ1v) is 11.7. The number of nitrogens with one attached hydrogen (secondary N) is 1. The standard InChI is InChI=1S/C26H36N2O7/c29-25(27-11-13-32-15-18-35-22-26(30)31)21-34-17-16-33-14-12-28(19-23-7-3-1-4-8-23)20-24-9-5-2-6-10-24/h1-10H,11-22H2,(H,27,29)(H,30,31). The number of hydrogen-bond acceptors (Lipinski definition) is 7. The van der Waals surface area contributed by atoms with Crippen molar-refractivity contribution < 1.29 is 33.6 Å². The zero-order valence-electron chi connectivity index (χ0n) is 20.1. The lowest BCUT2D eigenvalue weighted by Crippen LogP contribution is -2.31. The predicted octanol–water partition coefficient (Wildman–Crippen LogP) is 1.96. The molecule has 2 N–H and O–H groups in total. The Labute approximate surface area is 206 Å². The van der Waals surface area contributed by atoms with E-state index in [9.17, 15) is 9.59 Å². The van der Waals surface area contributed by atoms with Gasteiger partial charge in [0.25, 0.3) is 0 Å². The number of benzene rings is 2. The molecule has 0 aliphatic carbocycles. The normalized spacial score (nSPS) is 11.0. The van der Waals surface area contributed by atoms with Crippen molar-refractivity contribution in [2.45, 2.75) is 13.1 Å². The summed E-state index contributed by atoms with van der Waals surface area (Å²) in [5.41, 5.74) is 2.52. The largest absolute Gasteiger partial charge is 0.480 e. The molecule has 35 heavy (non-hydrogen) atoms. The molecule has 0 saturated carbocycles. The molecule has 0 aliphatic rings. The van der Waals surface area contributed by atoms with Crippen LogP contribution >= 0.6 is 0 Å². The molecule has 0 radical (unpaired) electrons. The Kier molecular flexibility index (Phi) is 15.0. The van der Waals surface area contributed by atoms with Gasteiger partial charge in [-0.1, -0.05) is 60.7 Å². The molecule has 0 fully saturated rings. The fraction of sp³-hybridized carbons (Fsp3) is 0.462. The van der Waals surface area contributed by atoms with Crippen LogP contribution in [0.15, 0.2) is 60.7 Å². The number of aliphatic carboxylic acids is 1. The average molecular weight is 489 g/mol. The van der Waals surface area contributed by atoms with E-state index in [4.69, 9.17) is 24.1 Å². The van der Waals surface area contributed by atoms with Crippen LogP contribution in [0.3, 0.4) is 0 Å². The Morgan fingerprint density at radius 3 is 1.77 bits per heavy atom. The van der Waals surface area contributed by atoms with E-state index in [1.54, 1.807) is 0 Å². The summed E-state index contributed by atoms with van der Waals surface area (Å²) < 4.78 is 21.1. The molecule has 0 bridgehead atoms. The highest BCUT2D eigenvalue weighted by Crippen LogP contribution is 2.09. The van der Waals surface area contributed by atoms with E-state index in [1.807, 2.05) is 36.4 Å². The number of rotatable bonds is 20. The molecule has 0 saturated heterocycles. The van der Waals surface area contributed by atoms with E-state index < -0.39 is 5.97 Å². The van der Waals surface area contributed by atoms with E-state index >= 15 is 0 Å². The predicted molar refractivity (Wildman–Crippen MR) is 131 cm³/mol. The number of nitrogens with zero attached hydrogens (tertiary/aromatic N) is 1. The van der Waals surface area contributed by atoms with Gasteiger partial charge >= 0.3 is 5.97 Å². The van der Waals surface area contributed by atoms with Gasteiger partial charge in [-0.15, -0.1) is 0 Å². The van der Waals surface area contributed by atoms with Crippen molar-refractivity contribution in [3.63, 3.8) is 0 Å². The van der Waals surface area contributed by atoms with Gasteiger partial charge in [-0.3, -0.25) is 9.69 Å². The third-order valence-electron chi connectivity index (χ3n) is 4.82. The second-order valence-electron chi connectivity index (χ2n) is 7.76. The maximum Gasteiger partial charge on any atom is 0.329 e. The van der Waals surface area contributed by atoms with Crippen molar-refractivity contribution >= 4 is 11.9 Å². The molecule has 9 heteroatoms. The summed E-state index contributed by atoms with van der Waals surface area (Å²) in [6.07, 6.45) is 0. The summed E-state index contributed by atoms with van der Waals surface area (Å²) in [6.45, 7) is 4.52. The molecular formula is C26H36N2O7. The van der Waals surface area contributed by atoms with E-state index in [1.165, 1.54) is 11.1 Å². The maximum atomic E-state index is 11.7. The molecular weight excluding hydrogens is 452 g/mol. The Balaban J connectivity index is 1.50. The number of carboxylic acid groups (broad SMARTS) is 1. The zero-order chi connectivity index (χ0) is 25.0. The highest BCUT2D eigenvalue weighted by atomic mass is 16.5. The smallest absolute Gasteiger partial charge is 0.329 e. The topological polar surface area (TPSA) is 107 Å². The molecule has 2 aromatic rings. The molecule has 0 unspecified atom stereocenters. The van der Waals surface area contributed by atoms with Gasteiger partial charge in [0.1, 0.15) is 13.2 Å². The summed E-state index contributed by atoms with van der Waals surface area (Å²) in [6, 6.07) is 20.7. The van der Waals surface area contributed by atoms with Crippen molar-refractivity contribution in [3.8, 4) is 0 Å². The molecule has 0 spiro atoms. The van der Waals surface area contributed by atoms with Crippen LogP contribution in [-0.4, -0.2) is 87.8 Å². The van der Waals surface area contributed by atoms with Crippen molar-refractivity contribution in [2.24, 2.45) is 0 Å². The minimum Gasteiger partial charge on any atom is -0.480 e. The molecule has 0 aliphatic heterocycles. The first-order valence-electron chi connectivity index (χ1n) is 11.7. The Morgan fingerprint density at radius 1 is 0.686 bits per heavy atom. The van der Waals surface area contributed by atoms with Gasteiger partial charge in [0.05, 0.1) is 39.6 Å². The van der Waals surface area contributed by atoms with E-state index in [0.29, 0.717) is 33.0 Å². The fourth-order valence-corrected chi connectivity index (χ4v) is 3.17. The molecule has 0 atom stereocenters. The second-order valence-corrected chi connectivity index (χ2v) is 7.76. The van der Waals surface area contributed by atoms with E-state index in [-0.39, 0.29) is 32.3 Å². The van der Waals surface area contributed by atoms with E-state index in [0.717, 1.165) is 19.6 Å². The van der Waals surface area contributed by atoms with Crippen LogP contribution in [-0.2, 0) is 41.6 Å². The number of ether oxygens (including phenoxy) is 4. The highest BCUT2D eigenvalue weighted by Gasteiger charge is 2.08. The van der Waals surface area contributed by atoms with Gasteiger partial charge in [-0.05, 0) is 11.1 Å². The minimum atomic E-state index is -1.02. The first kappa shape index (κ1) is 28.4. The molecule has 192 valence electrons. The van der Waals surface area contributed by atoms with Crippen LogP contribution < -0.4 is 5.32 Å². The van der Waals surface area contributed by atoms with Crippen molar-refractivity contribution in [1.29, 1.82) is 0 Å². The third kappa shape index (κ3) is 14.9. The second kappa shape index (κ2) is 18.5. The lowest BCUT2D eigenvalue weighted by molar-refractivity contribution is -0.142. The number of hydrogen-bond donors (Lipinski definition) is 2. The number of carbonyl (C=O) groups is 2. The van der Waals surface area contributed by atoms with Crippen LogP contribution in [0, 0.1) is 0 Å². The molecule has 9 nitrogen and oxygen atoms in total. The monoisotopic (exact) mass is 488 g/mol. The molecule has 0 heterocycles. The lowest BCUT2D eigenvalue weighted by Gasteiger charge is -2.22. The SMILES string of the molecule is O=C(O)COCCOCCNC(=O)COCCOCCN(Cc1ccccc1)Cc1ccccc1. The van der Waals surface area contributed by atoms with Gasteiger partial charge in [0, 0.05) is 26.2 Å². The average Bonchev–Trinajstić information content (AvgIpc) is 2.86. The number of carboxylic acids is 1. The van der Waals surface area contributed by atoms with Crippen LogP contribution in [0.5, 0.6) is 0 Å². The van der Waals surface area contributed by atoms with Gasteiger partial charge < -0.3 is 29.4 Å². The zero-order valence-corrected chi connectivity index (χ0v) is 20.1. The number of carbonyl (C=O) groups excluding carboxylic acids is 1. The molecule has 2 rings (SSSR count). The third-order valence-corrected chi connectivity index (χ3v) is 4.82. The van der Waals surface area contributed by atoms with Gasteiger partial charge in [0.2, 0.25) is 5.91 Å². The van der Waals surface area contributed by atoms with Crippen molar-refractivity contribution in [3.05, 3.63) is 71.8 Å². The van der Waals surface area contributed by atoms with Crippen LogP contribution in [0.1, 0.15) is 11.1 Å². The summed E-state index contributed by atoms with van der Waals surface area (Å²) >= 11 is 0. The Hall–Kier alpha value is -2.82. The lowest BCUT2D eigenvalue weighted by atomic mass is 10.1. The Morgan fingerprint density at radius 2 is 1.20 bits per heavy atom. The summed E-state index contributed by atoms with van der Waals surface area (Å²) in [4.78, 5) is 24.4. The van der Waals surface area contributed by atoms with Gasteiger partial charge in [-0.25, -0.2) is 4.79 Å². The van der Waals surface area contributed by atoms with Crippen LogP contribution in [0.25, 0.3) is 0 Å². The fourth-order valence-electron chi connectivity index (χ4n) is 3.17. The van der Waals surface area contributed by atoms with Gasteiger partial charge in [0.15, 0.2) is 0 Å². The van der Waals surface area contributed by atoms with Crippen LogP contribution in [0.2, 0.25) is 0 Å². The van der Waals surface area contributed by atoms with E-state index in [2.05, 4.69) is 34.5 Å². The maximum absolute atomic E-state index is 11.7. The summed E-state index contributed by atoms with van der Waals surface area (Å²) in [7, 11) is 0. The highest BCUT2D eigenvalue weighted by molar-refractivity contribution is 5.77. The Bertz CT molecular complexity index is 779. The number of amides is 1. The van der Waals surface area contributed by atoms with Crippen molar-refractivity contribution in [2.75, 3.05) is 65.9 Å². The van der Waals surface area contributed by atoms with Crippen molar-refractivity contribution in [1.82, 2.24) is 10.2 Å². The van der Waals surface area contributed by atoms with Gasteiger partial charge in [-0.2, -0.15) is 0 Å². The summed E-state index contributed by atoms with van der Waals surface area (Å²) in [5, 5.41) is 11.1.